The van der Waals surface area contributed by atoms with Gasteiger partial charge in [-0.15, -0.1) is 0 Å². The molecule has 2 rings (SSSR count). The number of nitro benzene ring substituents is 1. The zero-order valence-corrected chi connectivity index (χ0v) is 16.6. The maximum Gasteiger partial charge on any atom is 0.344 e. The molecular weight excluding hydrogens is 380 g/mol. The van der Waals surface area contributed by atoms with Crippen molar-refractivity contribution in [2.45, 2.75) is 26.9 Å². The van der Waals surface area contributed by atoms with E-state index in [1.165, 1.54) is 26.2 Å². The number of amides is 1. The number of nitrogens with one attached hydrogen (secondary N) is 1. The number of esters is 1. The third kappa shape index (κ3) is 6.20. The third-order valence-electron chi connectivity index (χ3n) is 3.88. The number of hydrogen-bond acceptors (Lipinski definition) is 7. The Morgan fingerprint density at radius 2 is 1.79 bits per heavy atom. The lowest BCUT2D eigenvalue weighted by Gasteiger charge is -2.15. The topological polar surface area (TPSA) is 117 Å². The number of rotatable bonds is 8. The smallest absolute Gasteiger partial charge is 0.344 e. The molecule has 154 valence electrons. The molecule has 2 aromatic carbocycles. The molecular formula is C20H22N2O7. The molecule has 2 aromatic rings. The van der Waals surface area contributed by atoms with Crippen molar-refractivity contribution in [3.05, 3.63) is 57.6 Å². The van der Waals surface area contributed by atoms with E-state index < -0.39 is 22.9 Å². The van der Waals surface area contributed by atoms with E-state index in [4.69, 9.17) is 14.2 Å². The molecule has 0 fully saturated rings. The fraction of sp³-hybridized carbons (Fsp3) is 0.300. The minimum atomic E-state index is -1.14. The maximum absolute atomic E-state index is 12.3. The SMILES string of the molecule is COc1ccc([N+](=O)[O-])cc1NC(=O)[C@@H](C)OC(=O)COc1cc(C)cc(C)c1. The first-order valence-electron chi connectivity index (χ1n) is 8.73. The van der Waals surface area contributed by atoms with Crippen LogP contribution in [0.4, 0.5) is 11.4 Å². The molecule has 0 saturated heterocycles. The van der Waals surface area contributed by atoms with E-state index in [-0.39, 0.29) is 23.7 Å². The van der Waals surface area contributed by atoms with Gasteiger partial charge in [-0.25, -0.2) is 4.79 Å². The Kier molecular flexibility index (Phi) is 7.13. The van der Waals surface area contributed by atoms with E-state index in [0.717, 1.165) is 17.2 Å². The van der Waals surface area contributed by atoms with E-state index >= 15 is 0 Å². The summed E-state index contributed by atoms with van der Waals surface area (Å²) in [6.07, 6.45) is -1.14. The molecule has 9 heteroatoms. The summed E-state index contributed by atoms with van der Waals surface area (Å²) >= 11 is 0. The van der Waals surface area contributed by atoms with Crippen LogP contribution in [0.15, 0.2) is 36.4 Å². The quantitative estimate of drug-likeness (QED) is 0.409. The van der Waals surface area contributed by atoms with Crippen molar-refractivity contribution >= 4 is 23.3 Å². The number of non-ortho nitro benzene ring substituents is 1. The Morgan fingerprint density at radius 3 is 2.38 bits per heavy atom. The third-order valence-corrected chi connectivity index (χ3v) is 3.88. The summed E-state index contributed by atoms with van der Waals surface area (Å²) in [5.74, 6) is -0.625. The predicted octanol–water partition coefficient (Wildman–Crippen LogP) is 3.17. The van der Waals surface area contributed by atoms with Crippen molar-refractivity contribution in [3.8, 4) is 11.5 Å². The molecule has 1 atom stereocenters. The van der Waals surface area contributed by atoms with Gasteiger partial charge in [-0.3, -0.25) is 14.9 Å². The first-order chi connectivity index (χ1) is 13.7. The van der Waals surface area contributed by atoms with E-state index in [0.29, 0.717) is 5.75 Å². The molecule has 0 heterocycles. The van der Waals surface area contributed by atoms with Gasteiger partial charge in [0.2, 0.25) is 0 Å². The lowest BCUT2D eigenvalue weighted by atomic mass is 10.1. The molecule has 0 aromatic heterocycles. The lowest BCUT2D eigenvalue weighted by molar-refractivity contribution is -0.384. The molecule has 0 unspecified atom stereocenters. The van der Waals surface area contributed by atoms with E-state index in [1.54, 1.807) is 12.1 Å². The van der Waals surface area contributed by atoms with Crippen molar-refractivity contribution in [2.75, 3.05) is 19.0 Å². The molecule has 0 radical (unpaired) electrons. The Hall–Kier alpha value is -3.62. The first-order valence-corrected chi connectivity index (χ1v) is 8.73. The van der Waals surface area contributed by atoms with Crippen molar-refractivity contribution in [1.29, 1.82) is 0 Å². The maximum atomic E-state index is 12.3. The summed E-state index contributed by atoms with van der Waals surface area (Å²) in [5.41, 5.74) is 1.87. The molecule has 9 nitrogen and oxygen atoms in total. The van der Waals surface area contributed by atoms with Crippen LogP contribution < -0.4 is 14.8 Å². The number of methoxy groups -OCH3 is 1. The number of nitrogens with zero attached hydrogens (tertiary/aromatic N) is 1. The van der Waals surface area contributed by atoms with E-state index in [1.807, 2.05) is 19.9 Å². The van der Waals surface area contributed by atoms with Gasteiger partial charge < -0.3 is 19.5 Å². The molecule has 0 bridgehead atoms. The number of carbonyl (C=O) groups is 2. The van der Waals surface area contributed by atoms with Crippen LogP contribution in [0.25, 0.3) is 0 Å². The Morgan fingerprint density at radius 1 is 1.14 bits per heavy atom. The zero-order chi connectivity index (χ0) is 21.6. The van der Waals surface area contributed by atoms with Gasteiger partial charge in [-0.2, -0.15) is 0 Å². The monoisotopic (exact) mass is 402 g/mol. The normalized spacial score (nSPS) is 11.3. The molecule has 0 spiro atoms. The van der Waals surface area contributed by atoms with Crippen LogP contribution in [0, 0.1) is 24.0 Å². The average Bonchev–Trinajstić information content (AvgIpc) is 2.65. The number of carbonyl (C=O) groups excluding carboxylic acids is 2. The molecule has 0 aliphatic rings. The number of anilines is 1. The van der Waals surface area contributed by atoms with Crippen molar-refractivity contribution in [3.63, 3.8) is 0 Å². The second kappa shape index (κ2) is 9.54. The minimum absolute atomic E-state index is 0.0982. The number of benzene rings is 2. The molecule has 1 N–H and O–H groups in total. The fourth-order valence-corrected chi connectivity index (χ4v) is 2.58. The highest BCUT2D eigenvalue weighted by molar-refractivity contribution is 5.96. The zero-order valence-electron chi connectivity index (χ0n) is 16.6. The van der Waals surface area contributed by atoms with Crippen LogP contribution >= 0.6 is 0 Å². The predicted molar refractivity (Wildman–Crippen MR) is 105 cm³/mol. The summed E-state index contributed by atoms with van der Waals surface area (Å²) in [4.78, 5) is 34.6. The van der Waals surface area contributed by atoms with Crippen molar-refractivity contribution < 1.29 is 28.7 Å². The Labute approximate surface area is 167 Å². The number of aryl methyl sites for hydroxylation is 2. The van der Waals surface area contributed by atoms with E-state index in [2.05, 4.69) is 5.32 Å². The molecule has 0 aliphatic carbocycles. The first kappa shape index (κ1) is 21.7. The van der Waals surface area contributed by atoms with Crippen LogP contribution in [0.3, 0.4) is 0 Å². The second-order valence-electron chi connectivity index (χ2n) is 6.38. The van der Waals surface area contributed by atoms with Crippen molar-refractivity contribution in [2.24, 2.45) is 0 Å². The number of hydrogen-bond donors (Lipinski definition) is 1. The summed E-state index contributed by atoms with van der Waals surface area (Å²) in [7, 11) is 1.37. The summed E-state index contributed by atoms with van der Waals surface area (Å²) in [5, 5.41) is 13.4. The Balaban J connectivity index is 1.95. The number of nitro groups is 1. The van der Waals surface area contributed by atoms with Crippen LogP contribution in [0.5, 0.6) is 11.5 Å². The molecule has 0 aliphatic heterocycles. The Bertz CT molecular complexity index is 907. The van der Waals surface area contributed by atoms with Gasteiger partial charge in [0.25, 0.3) is 11.6 Å². The van der Waals surface area contributed by atoms with Crippen molar-refractivity contribution in [1.82, 2.24) is 0 Å². The highest BCUT2D eigenvalue weighted by Crippen LogP contribution is 2.29. The molecule has 1 amide bonds. The van der Waals surface area contributed by atoms with Crippen LogP contribution in [-0.2, 0) is 14.3 Å². The van der Waals surface area contributed by atoms with Gasteiger partial charge in [-0.1, -0.05) is 6.07 Å². The van der Waals surface area contributed by atoms with Gasteiger partial charge >= 0.3 is 5.97 Å². The largest absolute Gasteiger partial charge is 0.495 e. The summed E-state index contributed by atoms with van der Waals surface area (Å²) in [6, 6.07) is 9.31. The second-order valence-corrected chi connectivity index (χ2v) is 6.38. The minimum Gasteiger partial charge on any atom is -0.495 e. The van der Waals surface area contributed by atoms with E-state index in [9.17, 15) is 19.7 Å². The molecule has 0 saturated carbocycles. The van der Waals surface area contributed by atoms with Gasteiger partial charge in [0.1, 0.15) is 11.5 Å². The molecule has 29 heavy (non-hydrogen) atoms. The van der Waals surface area contributed by atoms with Crippen LogP contribution in [-0.4, -0.2) is 36.6 Å². The average molecular weight is 402 g/mol. The van der Waals surface area contributed by atoms with Crippen LogP contribution in [0.2, 0.25) is 0 Å². The van der Waals surface area contributed by atoms with Gasteiger partial charge in [0.05, 0.1) is 17.7 Å². The lowest BCUT2D eigenvalue weighted by Crippen LogP contribution is -2.31. The van der Waals surface area contributed by atoms with Gasteiger partial charge in [0, 0.05) is 12.1 Å². The highest BCUT2D eigenvalue weighted by atomic mass is 16.6. The number of ether oxygens (including phenoxy) is 3. The summed E-state index contributed by atoms with van der Waals surface area (Å²) in [6.45, 7) is 4.84. The fourth-order valence-electron chi connectivity index (χ4n) is 2.58. The summed E-state index contributed by atoms with van der Waals surface area (Å²) < 4.78 is 15.6. The standard InChI is InChI=1S/C20H22N2O7/c1-12-7-13(2)9-16(8-12)28-11-19(23)29-14(3)20(24)21-17-10-15(22(25)26)5-6-18(17)27-4/h5-10,14H,11H2,1-4H3,(H,21,24)/t14-/m1/s1. The highest BCUT2D eigenvalue weighted by Gasteiger charge is 2.21. The van der Waals surface area contributed by atoms with Gasteiger partial charge in [-0.05, 0) is 50.1 Å². The van der Waals surface area contributed by atoms with Gasteiger partial charge in [0.15, 0.2) is 12.7 Å². The van der Waals surface area contributed by atoms with Crippen LogP contribution in [0.1, 0.15) is 18.1 Å².